The summed E-state index contributed by atoms with van der Waals surface area (Å²) < 4.78 is 16.0. The van der Waals surface area contributed by atoms with Crippen molar-refractivity contribution in [3.05, 3.63) is 57.9 Å². The van der Waals surface area contributed by atoms with Crippen LogP contribution in [0, 0.1) is 6.92 Å². The van der Waals surface area contributed by atoms with Crippen molar-refractivity contribution in [1.29, 1.82) is 0 Å². The number of amides is 1. The van der Waals surface area contributed by atoms with Crippen molar-refractivity contribution in [2.45, 2.75) is 13.3 Å². The Hall–Kier alpha value is -3.81. The van der Waals surface area contributed by atoms with Gasteiger partial charge < -0.3 is 18.9 Å². The summed E-state index contributed by atoms with van der Waals surface area (Å²) in [4.78, 5) is 32.4. The van der Waals surface area contributed by atoms with Crippen molar-refractivity contribution >= 4 is 33.9 Å². The molecule has 8 nitrogen and oxygen atoms in total. The maximum Gasteiger partial charge on any atom is 0.340 e. The Morgan fingerprint density at radius 3 is 2.62 bits per heavy atom. The monoisotopic (exact) mass is 393 g/mol. The molecule has 0 aliphatic rings. The van der Waals surface area contributed by atoms with Crippen LogP contribution in [-0.2, 0) is 11.2 Å². The number of para-hydroxylation sites is 2. The number of fused-ring (bicyclic) bond motifs is 2. The van der Waals surface area contributed by atoms with Crippen molar-refractivity contribution < 1.29 is 18.7 Å². The van der Waals surface area contributed by atoms with Gasteiger partial charge in [0.1, 0.15) is 5.58 Å². The molecule has 2 heterocycles. The van der Waals surface area contributed by atoms with Gasteiger partial charge >= 0.3 is 5.63 Å². The van der Waals surface area contributed by atoms with Gasteiger partial charge in [0.15, 0.2) is 11.5 Å². The number of anilines is 1. The maximum absolute atomic E-state index is 12.5. The Labute approximate surface area is 165 Å². The molecular formula is C21H19N3O5. The van der Waals surface area contributed by atoms with Crippen molar-refractivity contribution in [2.75, 3.05) is 19.5 Å². The summed E-state index contributed by atoms with van der Waals surface area (Å²) in [7, 11) is 3.03. The summed E-state index contributed by atoms with van der Waals surface area (Å²) in [6.45, 7) is 1.77. The van der Waals surface area contributed by atoms with E-state index in [2.05, 4.69) is 15.3 Å². The van der Waals surface area contributed by atoms with Crippen LogP contribution >= 0.6 is 0 Å². The molecule has 4 aromatic rings. The number of carbonyl (C=O) groups excluding carboxylic acids is 1. The van der Waals surface area contributed by atoms with Crippen LogP contribution in [0.25, 0.3) is 22.0 Å². The molecule has 0 radical (unpaired) electrons. The van der Waals surface area contributed by atoms with E-state index in [4.69, 9.17) is 13.9 Å². The van der Waals surface area contributed by atoms with E-state index in [9.17, 15) is 9.59 Å². The number of H-pyrrole nitrogens is 1. The van der Waals surface area contributed by atoms with Crippen LogP contribution < -0.4 is 20.4 Å². The highest BCUT2D eigenvalue weighted by atomic mass is 16.5. The van der Waals surface area contributed by atoms with E-state index in [1.165, 1.54) is 14.2 Å². The van der Waals surface area contributed by atoms with E-state index in [1.807, 2.05) is 24.3 Å². The molecule has 148 valence electrons. The maximum atomic E-state index is 12.5. The van der Waals surface area contributed by atoms with Crippen molar-refractivity contribution in [1.82, 2.24) is 9.97 Å². The van der Waals surface area contributed by atoms with Crippen LogP contribution in [0.3, 0.4) is 0 Å². The van der Waals surface area contributed by atoms with Gasteiger partial charge in [0.05, 0.1) is 37.2 Å². The zero-order valence-corrected chi connectivity index (χ0v) is 16.2. The lowest BCUT2D eigenvalue weighted by Gasteiger charge is -2.11. The molecule has 4 rings (SSSR count). The predicted octanol–water partition coefficient (Wildman–Crippen LogP) is 3.18. The Kier molecular flexibility index (Phi) is 4.67. The smallest absolute Gasteiger partial charge is 0.340 e. The number of imidazole rings is 1. The second kappa shape index (κ2) is 7.31. The second-order valence-corrected chi connectivity index (χ2v) is 6.52. The predicted molar refractivity (Wildman–Crippen MR) is 109 cm³/mol. The molecule has 0 aliphatic heterocycles. The van der Waals surface area contributed by atoms with E-state index in [0.717, 1.165) is 11.0 Å². The van der Waals surface area contributed by atoms with Gasteiger partial charge in [-0.1, -0.05) is 12.1 Å². The fraction of sp³-hybridized carbons (Fsp3) is 0.190. The quantitative estimate of drug-likeness (QED) is 0.505. The number of hydrogen-bond donors (Lipinski definition) is 2. The summed E-state index contributed by atoms with van der Waals surface area (Å²) in [5.74, 6) is 0.914. The zero-order valence-electron chi connectivity index (χ0n) is 16.2. The van der Waals surface area contributed by atoms with E-state index in [-0.39, 0.29) is 17.9 Å². The lowest BCUT2D eigenvalue weighted by Crippen LogP contribution is -2.21. The highest BCUT2D eigenvalue weighted by molar-refractivity contribution is 5.93. The molecule has 2 N–H and O–H groups in total. The minimum atomic E-state index is -0.568. The first-order valence-corrected chi connectivity index (χ1v) is 8.93. The van der Waals surface area contributed by atoms with Gasteiger partial charge in [-0.15, -0.1) is 0 Å². The van der Waals surface area contributed by atoms with Crippen LogP contribution in [0.4, 0.5) is 5.95 Å². The van der Waals surface area contributed by atoms with Crippen molar-refractivity contribution in [2.24, 2.45) is 0 Å². The van der Waals surface area contributed by atoms with Crippen LogP contribution in [-0.4, -0.2) is 30.1 Å². The summed E-state index contributed by atoms with van der Waals surface area (Å²) in [5.41, 5.74) is 2.28. The minimum Gasteiger partial charge on any atom is -0.493 e. The number of nitrogens with zero attached hydrogens (tertiary/aromatic N) is 1. The molecule has 0 fully saturated rings. The number of methoxy groups -OCH3 is 2. The molecule has 0 bridgehead atoms. The number of hydrogen-bond acceptors (Lipinski definition) is 6. The molecule has 0 aliphatic carbocycles. The first-order valence-electron chi connectivity index (χ1n) is 8.93. The minimum absolute atomic E-state index is 0.143. The van der Waals surface area contributed by atoms with Crippen LogP contribution in [0.5, 0.6) is 11.5 Å². The molecule has 29 heavy (non-hydrogen) atoms. The molecule has 2 aromatic carbocycles. The third-order valence-corrected chi connectivity index (χ3v) is 4.78. The lowest BCUT2D eigenvalue weighted by molar-refractivity contribution is -0.115. The number of nitrogens with one attached hydrogen (secondary N) is 2. The number of aromatic amines is 1. The van der Waals surface area contributed by atoms with Crippen LogP contribution in [0.2, 0.25) is 0 Å². The van der Waals surface area contributed by atoms with Crippen molar-refractivity contribution in [3.63, 3.8) is 0 Å². The lowest BCUT2D eigenvalue weighted by atomic mass is 10.0. The average Bonchev–Trinajstić information content (AvgIpc) is 3.12. The molecule has 8 heteroatoms. The molecule has 0 atom stereocenters. The topological polar surface area (TPSA) is 106 Å². The Balaban J connectivity index is 1.66. The standard InChI is InChI=1S/C21H19N3O5/c1-11-12-8-17(27-2)18(28-3)10-16(12)29-20(26)13(11)9-19(25)24-21-22-14-6-4-5-7-15(14)23-21/h4-8,10H,9H2,1-3H3,(H2,22,23,24,25). The summed E-state index contributed by atoms with van der Waals surface area (Å²) in [5, 5.41) is 3.37. The number of ether oxygens (including phenoxy) is 2. The number of aryl methyl sites for hydroxylation is 1. The van der Waals surface area contributed by atoms with Crippen LogP contribution in [0.1, 0.15) is 11.1 Å². The van der Waals surface area contributed by atoms with Gasteiger partial charge in [-0.2, -0.15) is 0 Å². The SMILES string of the molecule is COc1cc2oc(=O)c(CC(=O)Nc3nc4ccccc4[nH]3)c(C)c2cc1OC. The Morgan fingerprint density at radius 1 is 1.17 bits per heavy atom. The van der Waals surface area contributed by atoms with E-state index < -0.39 is 5.63 Å². The molecule has 2 aromatic heterocycles. The molecule has 1 amide bonds. The summed E-state index contributed by atoms with van der Waals surface area (Å²) in [6.07, 6.45) is -0.143. The third-order valence-electron chi connectivity index (χ3n) is 4.78. The fourth-order valence-electron chi connectivity index (χ4n) is 3.27. The third kappa shape index (κ3) is 3.40. The van der Waals surface area contributed by atoms with E-state index in [1.54, 1.807) is 19.1 Å². The van der Waals surface area contributed by atoms with Gasteiger partial charge in [-0.25, -0.2) is 9.78 Å². The highest BCUT2D eigenvalue weighted by Gasteiger charge is 2.18. The van der Waals surface area contributed by atoms with Gasteiger partial charge in [0.25, 0.3) is 0 Å². The molecule has 0 saturated carbocycles. The van der Waals surface area contributed by atoms with Gasteiger partial charge in [0.2, 0.25) is 11.9 Å². The highest BCUT2D eigenvalue weighted by Crippen LogP contribution is 2.33. The molecular weight excluding hydrogens is 374 g/mol. The zero-order chi connectivity index (χ0) is 20.5. The van der Waals surface area contributed by atoms with E-state index in [0.29, 0.717) is 34.0 Å². The van der Waals surface area contributed by atoms with Crippen molar-refractivity contribution in [3.8, 4) is 11.5 Å². The normalized spacial score (nSPS) is 11.0. The Bertz CT molecular complexity index is 1260. The van der Waals surface area contributed by atoms with Gasteiger partial charge in [0, 0.05) is 11.5 Å². The summed E-state index contributed by atoms with van der Waals surface area (Å²) in [6, 6.07) is 10.8. The second-order valence-electron chi connectivity index (χ2n) is 6.52. The summed E-state index contributed by atoms with van der Waals surface area (Å²) >= 11 is 0. The Morgan fingerprint density at radius 2 is 1.90 bits per heavy atom. The van der Waals surface area contributed by atoms with Crippen LogP contribution in [0.15, 0.2) is 45.6 Å². The molecule has 0 spiro atoms. The number of rotatable bonds is 5. The van der Waals surface area contributed by atoms with Gasteiger partial charge in [-0.3, -0.25) is 10.1 Å². The van der Waals surface area contributed by atoms with E-state index >= 15 is 0 Å². The number of aromatic nitrogens is 2. The largest absolute Gasteiger partial charge is 0.493 e. The first-order chi connectivity index (χ1) is 14.0. The molecule has 0 saturated heterocycles. The first kappa shape index (κ1) is 18.5. The number of benzene rings is 2. The van der Waals surface area contributed by atoms with Gasteiger partial charge in [-0.05, 0) is 30.7 Å². The number of carbonyl (C=O) groups is 1. The molecule has 0 unspecified atom stereocenters. The fourth-order valence-corrected chi connectivity index (χ4v) is 3.27. The average molecular weight is 393 g/mol.